The molecule has 9 heavy (non-hydrogen) atoms. The van der Waals surface area contributed by atoms with Crippen LogP contribution in [0.25, 0.3) is 0 Å². The van der Waals surface area contributed by atoms with E-state index in [1.165, 1.54) is 0 Å². The van der Waals surface area contributed by atoms with Gasteiger partial charge < -0.3 is 0 Å². The van der Waals surface area contributed by atoms with Crippen molar-refractivity contribution in [2.75, 3.05) is 5.75 Å². The zero-order chi connectivity index (χ0) is 7.49. The molecule has 0 atom stereocenters. The first-order valence-electron chi connectivity index (χ1n) is 2.85. The van der Waals surface area contributed by atoms with Gasteiger partial charge in [-0.15, -0.1) is 0 Å². The molecule has 0 unspecified atom stereocenters. The van der Waals surface area contributed by atoms with Crippen LogP contribution in [0, 0.1) is 5.92 Å². The first-order valence-corrected chi connectivity index (χ1v) is 4.43. The third-order valence-electron chi connectivity index (χ3n) is 0.945. The van der Waals surface area contributed by atoms with Gasteiger partial charge >= 0.3 is 0 Å². The predicted molar refractivity (Wildman–Crippen MR) is 33.9 cm³/mol. The fourth-order valence-electron chi connectivity index (χ4n) is 0.380. The van der Waals surface area contributed by atoms with Crippen molar-refractivity contribution >= 4 is 10.1 Å². The van der Waals surface area contributed by atoms with Gasteiger partial charge in [-0.05, 0) is 12.3 Å². The highest BCUT2D eigenvalue weighted by Crippen LogP contribution is 2.00. The lowest BCUT2D eigenvalue weighted by atomic mass is 10.2. The van der Waals surface area contributed by atoms with E-state index in [-0.39, 0.29) is 11.7 Å². The Bertz CT molecular complexity index is 157. The molecule has 0 aliphatic heterocycles. The molecule has 0 saturated carbocycles. The molecule has 1 radical (unpaired) electrons. The lowest BCUT2D eigenvalue weighted by molar-refractivity contribution is 0.409. The van der Waals surface area contributed by atoms with Gasteiger partial charge in [0.05, 0.1) is 5.75 Å². The van der Waals surface area contributed by atoms with Crippen molar-refractivity contribution in [3.8, 4) is 0 Å². The molecule has 0 aliphatic rings. The third kappa shape index (κ3) is 7.91. The molecule has 0 heterocycles. The van der Waals surface area contributed by atoms with Crippen molar-refractivity contribution in [1.82, 2.24) is 0 Å². The van der Waals surface area contributed by atoms with Crippen LogP contribution in [0.4, 0.5) is 0 Å². The molecule has 0 spiro atoms. The van der Waals surface area contributed by atoms with Crippen LogP contribution in [0.1, 0.15) is 20.3 Å². The zero-order valence-corrected chi connectivity index (χ0v) is 6.44. The lowest BCUT2D eigenvalue weighted by Crippen LogP contribution is -2.04. The first-order chi connectivity index (χ1) is 3.92. The Hall–Kier alpha value is -0.0900. The number of hydrogen-bond acceptors (Lipinski definition) is 2. The average Bonchev–Trinajstić information content (AvgIpc) is 1.59. The van der Waals surface area contributed by atoms with Gasteiger partial charge in [0, 0.05) is 0 Å². The maximum Gasteiger partial charge on any atom is 0.294 e. The average molecular weight is 151 g/mol. The highest BCUT2D eigenvalue weighted by Gasteiger charge is 2.06. The lowest BCUT2D eigenvalue weighted by Gasteiger charge is -1.98. The van der Waals surface area contributed by atoms with Gasteiger partial charge in [0.25, 0.3) is 10.1 Å². The molecular formula is C5H11O3S. The predicted octanol–water partition coefficient (Wildman–Crippen LogP) is 0.793. The van der Waals surface area contributed by atoms with Crippen molar-refractivity contribution in [1.29, 1.82) is 0 Å². The summed E-state index contributed by atoms with van der Waals surface area (Å²) in [6, 6.07) is 0. The van der Waals surface area contributed by atoms with Crippen LogP contribution in [0.3, 0.4) is 0 Å². The van der Waals surface area contributed by atoms with Crippen LogP contribution < -0.4 is 0 Å². The second-order valence-corrected chi connectivity index (χ2v) is 3.97. The van der Waals surface area contributed by atoms with Crippen molar-refractivity contribution < 1.29 is 13.0 Å². The third-order valence-corrected chi connectivity index (χ3v) is 1.68. The van der Waals surface area contributed by atoms with Crippen LogP contribution in [0.5, 0.6) is 0 Å². The van der Waals surface area contributed by atoms with Crippen LogP contribution in [-0.2, 0) is 14.7 Å². The minimum atomic E-state index is -3.97. The molecule has 0 aromatic rings. The molecule has 3 nitrogen and oxygen atoms in total. The van der Waals surface area contributed by atoms with E-state index in [0.717, 1.165) is 0 Å². The van der Waals surface area contributed by atoms with E-state index >= 15 is 0 Å². The van der Waals surface area contributed by atoms with E-state index in [1.54, 1.807) is 0 Å². The van der Waals surface area contributed by atoms with E-state index in [1.807, 2.05) is 13.8 Å². The molecule has 55 valence electrons. The summed E-state index contributed by atoms with van der Waals surface area (Å²) in [6.07, 6.45) is 0.464. The maximum atomic E-state index is 9.98. The van der Waals surface area contributed by atoms with Gasteiger partial charge in [0.1, 0.15) is 0 Å². The number of rotatable bonds is 3. The van der Waals surface area contributed by atoms with E-state index in [9.17, 15) is 13.0 Å². The molecule has 0 N–H and O–H groups in total. The summed E-state index contributed by atoms with van der Waals surface area (Å²) < 4.78 is 29.9. The Kier molecular flexibility index (Phi) is 3.14. The van der Waals surface area contributed by atoms with Gasteiger partial charge in [-0.25, -0.2) is 0 Å². The Morgan fingerprint density at radius 3 is 1.89 bits per heavy atom. The molecular weight excluding hydrogens is 140 g/mol. The molecule has 4 heteroatoms. The van der Waals surface area contributed by atoms with Gasteiger partial charge in [0.2, 0.25) is 0 Å². The van der Waals surface area contributed by atoms with Crippen LogP contribution in [0.15, 0.2) is 0 Å². The minimum Gasteiger partial charge on any atom is -0.197 e. The second-order valence-electron chi connectivity index (χ2n) is 2.44. The summed E-state index contributed by atoms with van der Waals surface area (Å²) in [5.41, 5.74) is 0. The van der Waals surface area contributed by atoms with Gasteiger partial charge in [0.15, 0.2) is 0 Å². The van der Waals surface area contributed by atoms with Crippen molar-refractivity contribution in [3.05, 3.63) is 0 Å². The van der Waals surface area contributed by atoms with E-state index in [4.69, 9.17) is 0 Å². The fourth-order valence-corrected chi connectivity index (χ4v) is 1.14. The molecule has 0 saturated heterocycles. The smallest absolute Gasteiger partial charge is 0.197 e. The highest BCUT2D eigenvalue weighted by molar-refractivity contribution is 7.85. The number of hydrogen-bond donors (Lipinski definition) is 0. The van der Waals surface area contributed by atoms with Crippen LogP contribution in [0.2, 0.25) is 0 Å². The summed E-state index contributed by atoms with van der Waals surface area (Å²) in [6.45, 7) is 3.76. The largest absolute Gasteiger partial charge is 0.294 e. The monoisotopic (exact) mass is 151 g/mol. The Balaban J connectivity index is 3.53. The summed E-state index contributed by atoms with van der Waals surface area (Å²) >= 11 is 0. The Labute approximate surface area is 55.8 Å². The highest BCUT2D eigenvalue weighted by atomic mass is 32.2. The summed E-state index contributed by atoms with van der Waals surface area (Å²) in [5.74, 6) is 0.0544. The van der Waals surface area contributed by atoms with Gasteiger partial charge in [-0.1, -0.05) is 18.4 Å². The molecule has 0 aromatic carbocycles. The second kappa shape index (κ2) is 3.17. The maximum absolute atomic E-state index is 9.98. The van der Waals surface area contributed by atoms with Crippen molar-refractivity contribution in [3.63, 3.8) is 0 Å². The Morgan fingerprint density at radius 1 is 1.33 bits per heavy atom. The topological polar surface area (TPSA) is 54.0 Å². The summed E-state index contributed by atoms with van der Waals surface area (Å²) in [5, 5.41) is 0. The fraction of sp³-hybridized carbons (Fsp3) is 1.00. The van der Waals surface area contributed by atoms with Crippen LogP contribution in [-0.4, -0.2) is 14.2 Å². The molecule has 0 amide bonds. The summed E-state index contributed by atoms with van der Waals surface area (Å²) in [7, 11) is -3.97. The van der Waals surface area contributed by atoms with Crippen molar-refractivity contribution in [2.45, 2.75) is 20.3 Å². The SMILES string of the molecule is CC(C)CCS([O])(=O)=O. The molecule has 0 bridgehead atoms. The normalized spacial score (nSPS) is 12.4. The van der Waals surface area contributed by atoms with E-state index in [2.05, 4.69) is 0 Å². The van der Waals surface area contributed by atoms with Gasteiger partial charge in [-0.2, -0.15) is 8.42 Å². The molecule has 0 aliphatic carbocycles. The van der Waals surface area contributed by atoms with Crippen molar-refractivity contribution in [2.24, 2.45) is 5.92 Å². The van der Waals surface area contributed by atoms with Gasteiger partial charge in [-0.3, -0.25) is 0 Å². The Morgan fingerprint density at radius 2 is 1.78 bits per heavy atom. The molecule has 0 aromatic heterocycles. The zero-order valence-electron chi connectivity index (χ0n) is 5.62. The molecule has 0 fully saturated rings. The first kappa shape index (κ1) is 8.91. The molecule has 0 rings (SSSR count). The minimum absolute atomic E-state index is 0.231. The van der Waals surface area contributed by atoms with E-state index < -0.39 is 10.1 Å². The standard InChI is InChI=1S/C5H11O3S/c1-5(2)3-4-9(6,7)8/h5H,3-4H2,1-2H3. The van der Waals surface area contributed by atoms with Crippen LogP contribution >= 0.6 is 0 Å². The van der Waals surface area contributed by atoms with E-state index in [0.29, 0.717) is 6.42 Å². The quantitative estimate of drug-likeness (QED) is 0.598. The summed E-state index contributed by atoms with van der Waals surface area (Å²) in [4.78, 5) is 0.